The third kappa shape index (κ3) is 2.83. The number of fused-ring (bicyclic) bond motifs is 2. The van der Waals surface area contributed by atoms with Gasteiger partial charge in [0, 0.05) is 0 Å². The summed E-state index contributed by atoms with van der Waals surface area (Å²) in [6.07, 6.45) is 3.10. The maximum absolute atomic E-state index is 13.2. The molecule has 2 aromatic carbocycles. The van der Waals surface area contributed by atoms with Gasteiger partial charge in [0.15, 0.2) is 5.65 Å². The fraction of sp³-hybridized carbons (Fsp3) is 0.0500. The van der Waals surface area contributed by atoms with Gasteiger partial charge in [0.25, 0.3) is 0 Å². The monoisotopic (exact) mass is 385 g/mol. The van der Waals surface area contributed by atoms with Gasteiger partial charge in [-0.2, -0.15) is 10.2 Å². The molecule has 0 bridgehead atoms. The molecule has 0 saturated carbocycles. The van der Waals surface area contributed by atoms with E-state index in [2.05, 4.69) is 26.0 Å². The lowest BCUT2D eigenvalue weighted by Gasteiger charge is -2.06. The van der Waals surface area contributed by atoms with Crippen LogP contribution in [0.1, 0.15) is 11.1 Å². The number of H-pyrrole nitrogens is 1. The highest BCUT2D eigenvalue weighted by Crippen LogP contribution is 2.19. The molecule has 0 unspecified atom stereocenters. The van der Waals surface area contributed by atoms with E-state index in [4.69, 9.17) is 5.26 Å². The lowest BCUT2D eigenvalue weighted by Crippen LogP contribution is -2.18. The van der Waals surface area contributed by atoms with Gasteiger partial charge in [-0.25, -0.2) is 19.2 Å². The van der Waals surface area contributed by atoms with Gasteiger partial charge < -0.3 is 4.98 Å². The van der Waals surface area contributed by atoms with Crippen LogP contribution in [-0.2, 0) is 6.54 Å². The Morgan fingerprint density at radius 2 is 1.97 bits per heavy atom. The van der Waals surface area contributed by atoms with Crippen molar-refractivity contribution in [1.29, 1.82) is 5.26 Å². The van der Waals surface area contributed by atoms with Crippen LogP contribution in [0, 0.1) is 17.1 Å². The summed E-state index contributed by atoms with van der Waals surface area (Å²) in [6, 6.07) is 13.2. The predicted molar refractivity (Wildman–Crippen MR) is 103 cm³/mol. The summed E-state index contributed by atoms with van der Waals surface area (Å²) in [5, 5.41) is 9.16. The van der Waals surface area contributed by atoms with Gasteiger partial charge in [-0.15, -0.1) is 0 Å². The fourth-order valence-corrected chi connectivity index (χ4v) is 3.21. The summed E-state index contributed by atoms with van der Waals surface area (Å²) >= 11 is 0. The Hall–Kier alpha value is -4.32. The van der Waals surface area contributed by atoms with Crippen LogP contribution >= 0.6 is 0 Å². The molecule has 9 heteroatoms. The van der Waals surface area contributed by atoms with E-state index >= 15 is 0 Å². The Kier molecular flexibility index (Phi) is 3.70. The standard InChI is InChI=1S/C20H12FN7O/c21-14-4-1-12(2-5-14)10-27-18-16(25-20(27)29)9-23-19(26-18)28-11-24-15-6-3-13(8-22)7-17(15)28/h1-7,9,11H,10H2,(H,25,29). The predicted octanol–water partition coefficient (Wildman–Crippen LogP) is 2.52. The SMILES string of the molecule is N#Cc1ccc2ncn(-c3ncc4[nH]c(=O)n(Cc5ccc(F)cc5)c4n3)c2c1. The van der Waals surface area contributed by atoms with Crippen LogP contribution in [-0.4, -0.2) is 29.1 Å². The van der Waals surface area contributed by atoms with Crippen molar-refractivity contribution in [3.8, 4) is 12.0 Å². The second kappa shape index (κ2) is 6.38. The van der Waals surface area contributed by atoms with Gasteiger partial charge in [-0.1, -0.05) is 12.1 Å². The van der Waals surface area contributed by atoms with Crippen molar-refractivity contribution in [2.24, 2.45) is 0 Å². The Morgan fingerprint density at radius 3 is 2.76 bits per heavy atom. The molecule has 0 aliphatic rings. The Labute approximate surface area is 162 Å². The molecule has 1 N–H and O–H groups in total. The van der Waals surface area contributed by atoms with Crippen LogP contribution in [0.4, 0.5) is 4.39 Å². The van der Waals surface area contributed by atoms with E-state index < -0.39 is 0 Å². The van der Waals surface area contributed by atoms with Crippen LogP contribution in [0.3, 0.4) is 0 Å². The number of nitrogens with zero attached hydrogens (tertiary/aromatic N) is 6. The highest BCUT2D eigenvalue weighted by molar-refractivity contribution is 5.79. The first-order valence-corrected chi connectivity index (χ1v) is 8.70. The molecule has 140 valence electrons. The molecule has 0 spiro atoms. The summed E-state index contributed by atoms with van der Waals surface area (Å²) in [7, 11) is 0. The van der Waals surface area contributed by atoms with E-state index in [9.17, 15) is 9.18 Å². The zero-order valence-corrected chi connectivity index (χ0v) is 14.9. The first-order chi connectivity index (χ1) is 14.1. The second-order valence-electron chi connectivity index (χ2n) is 6.48. The van der Waals surface area contributed by atoms with Crippen LogP contribution < -0.4 is 5.69 Å². The van der Waals surface area contributed by atoms with Crippen LogP contribution in [0.25, 0.3) is 28.1 Å². The quantitative estimate of drug-likeness (QED) is 0.514. The number of nitriles is 1. The van der Waals surface area contributed by atoms with E-state index in [0.29, 0.717) is 33.7 Å². The van der Waals surface area contributed by atoms with Crippen LogP contribution in [0.15, 0.2) is 59.8 Å². The molecule has 5 rings (SSSR count). The number of imidazole rings is 2. The van der Waals surface area contributed by atoms with Crippen molar-refractivity contribution in [3.63, 3.8) is 0 Å². The van der Waals surface area contributed by atoms with Crippen molar-refractivity contribution < 1.29 is 4.39 Å². The minimum Gasteiger partial charge on any atom is -0.303 e. The molecule has 29 heavy (non-hydrogen) atoms. The van der Waals surface area contributed by atoms with E-state index in [1.54, 1.807) is 41.2 Å². The highest BCUT2D eigenvalue weighted by Gasteiger charge is 2.13. The first-order valence-electron chi connectivity index (χ1n) is 8.70. The molecule has 5 aromatic rings. The lowest BCUT2D eigenvalue weighted by molar-refractivity contribution is 0.626. The minimum absolute atomic E-state index is 0.235. The molecule has 0 fully saturated rings. The number of benzene rings is 2. The molecule has 0 saturated heterocycles. The Bertz CT molecular complexity index is 1470. The maximum Gasteiger partial charge on any atom is 0.328 e. The number of aromatic amines is 1. The summed E-state index contributed by atoms with van der Waals surface area (Å²) < 4.78 is 16.3. The molecular weight excluding hydrogens is 373 g/mol. The second-order valence-corrected chi connectivity index (χ2v) is 6.48. The Balaban J connectivity index is 1.65. The zero-order chi connectivity index (χ0) is 20.0. The largest absolute Gasteiger partial charge is 0.328 e. The summed E-state index contributed by atoms with van der Waals surface area (Å²) in [6.45, 7) is 0.235. The number of halogens is 1. The smallest absolute Gasteiger partial charge is 0.303 e. The van der Waals surface area contributed by atoms with Crippen molar-refractivity contribution in [2.45, 2.75) is 6.54 Å². The maximum atomic E-state index is 13.2. The van der Waals surface area contributed by atoms with E-state index in [1.807, 2.05) is 0 Å². The molecule has 3 heterocycles. The third-order valence-electron chi connectivity index (χ3n) is 4.64. The van der Waals surface area contributed by atoms with E-state index in [0.717, 1.165) is 5.56 Å². The summed E-state index contributed by atoms with van der Waals surface area (Å²) in [5.74, 6) is -0.0182. The van der Waals surface area contributed by atoms with Gasteiger partial charge in [-0.3, -0.25) is 9.13 Å². The zero-order valence-electron chi connectivity index (χ0n) is 14.9. The van der Waals surface area contributed by atoms with Crippen molar-refractivity contribution in [1.82, 2.24) is 29.1 Å². The topological polar surface area (TPSA) is 105 Å². The van der Waals surface area contributed by atoms with Crippen molar-refractivity contribution in [2.75, 3.05) is 0 Å². The number of hydrogen-bond donors (Lipinski definition) is 1. The minimum atomic E-state index is -0.339. The van der Waals surface area contributed by atoms with Gasteiger partial charge >= 0.3 is 5.69 Å². The van der Waals surface area contributed by atoms with E-state index in [1.165, 1.54) is 22.9 Å². The molecular formula is C20H12FN7O. The molecule has 3 aromatic heterocycles. The average molecular weight is 385 g/mol. The molecule has 0 amide bonds. The Morgan fingerprint density at radius 1 is 1.14 bits per heavy atom. The van der Waals surface area contributed by atoms with Crippen LogP contribution in [0.5, 0.6) is 0 Å². The summed E-state index contributed by atoms with van der Waals surface area (Å²) in [4.78, 5) is 28.3. The molecule has 0 radical (unpaired) electrons. The third-order valence-corrected chi connectivity index (χ3v) is 4.64. The molecule has 0 atom stereocenters. The number of nitrogens with one attached hydrogen (secondary N) is 1. The van der Waals surface area contributed by atoms with Gasteiger partial charge in [-0.05, 0) is 35.9 Å². The van der Waals surface area contributed by atoms with Gasteiger partial charge in [0.2, 0.25) is 5.95 Å². The number of hydrogen-bond acceptors (Lipinski definition) is 5. The average Bonchev–Trinajstić information content (AvgIpc) is 3.29. The van der Waals surface area contributed by atoms with Gasteiger partial charge in [0.1, 0.15) is 17.7 Å². The lowest BCUT2D eigenvalue weighted by atomic mass is 10.2. The molecule has 0 aliphatic carbocycles. The van der Waals surface area contributed by atoms with Gasteiger partial charge in [0.05, 0.1) is 35.4 Å². The van der Waals surface area contributed by atoms with E-state index in [-0.39, 0.29) is 18.1 Å². The van der Waals surface area contributed by atoms with Crippen LogP contribution in [0.2, 0.25) is 0 Å². The summed E-state index contributed by atoms with van der Waals surface area (Å²) in [5.41, 5.74) is 3.22. The number of rotatable bonds is 3. The first kappa shape index (κ1) is 16.8. The normalized spacial score (nSPS) is 11.2. The highest BCUT2D eigenvalue weighted by atomic mass is 19.1. The molecule has 0 aliphatic heterocycles. The molecule has 8 nitrogen and oxygen atoms in total. The van der Waals surface area contributed by atoms with Crippen molar-refractivity contribution >= 4 is 22.2 Å². The fourth-order valence-electron chi connectivity index (χ4n) is 3.21. The number of aromatic nitrogens is 6. The van der Waals surface area contributed by atoms with Crippen molar-refractivity contribution in [3.05, 3.63) is 82.4 Å².